The quantitative estimate of drug-likeness (QED) is 0.760. The lowest BCUT2D eigenvalue weighted by atomic mass is 10.0. The van der Waals surface area contributed by atoms with Gasteiger partial charge >= 0.3 is 0 Å². The lowest BCUT2D eigenvalue weighted by molar-refractivity contribution is 0.216. The van der Waals surface area contributed by atoms with Gasteiger partial charge in [0.25, 0.3) is 0 Å². The Labute approximate surface area is 111 Å². The van der Waals surface area contributed by atoms with Crippen molar-refractivity contribution in [2.45, 2.75) is 13.0 Å². The Hall–Kier alpha value is -2.26. The fourth-order valence-electron chi connectivity index (χ4n) is 2.24. The summed E-state index contributed by atoms with van der Waals surface area (Å²) in [6.45, 7) is 1.92. The summed E-state index contributed by atoms with van der Waals surface area (Å²) in [6.07, 6.45) is 1.02. The molecule has 3 rings (SSSR count). The molecule has 1 aromatic carbocycles. The van der Waals surface area contributed by atoms with Gasteiger partial charge in [-0.1, -0.05) is 24.3 Å². The molecule has 0 spiro atoms. The van der Waals surface area contributed by atoms with E-state index in [9.17, 15) is 5.11 Å². The maximum Gasteiger partial charge on any atom is 0.122 e. The molecule has 3 heteroatoms. The van der Waals surface area contributed by atoms with Crippen molar-refractivity contribution in [3.8, 4) is 0 Å². The van der Waals surface area contributed by atoms with Gasteiger partial charge in [0.1, 0.15) is 6.10 Å². The molecule has 19 heavy (non-hydrogen) atoms. The zero-order valence-electron chi connectivity index (χ0n) is 10.6. The standard InChI is InChI=1S/C16H14N2O/c1-11-5-2-9-15(18-11)16(19)13-6-3-8-14-12(13)7-4-10-17-14/h2-10,16,19H,1H3. The van der Waals surface area contributed by atoms with Gasteiger partial charge in [-0.15, -0.1) is 0 Å². The normalized spacial score (nSPS) is 12.5. The lowest BCUT2D eigenvalue weighted by Gasteiger charge is -2.13. The number of nitrogens with zero attached hydrogens (tertiary/aromatic N) is 2. The molecule has 0 bridgehead atoms. The van der Waals surface area contributed by atoms with Crippen LogP contribution in [0.2, 0.25) is 0 Å². The number of aliphatic hydroxyl groups excluding tert-OH is 1. The van der Waals surface area contributed by atoms with Crippen molar-refractivity contribution in [2.75, 3.05) is 0 Å². The minimum absolute atomic E-state index is 0.663. The third-order valence-corrected chi connectivity index (χ3v) is 3.16. The second-order valence-corrected chi connectivity index (χ2v) is 4.52. The van der Waals surface area contributed by atoms with E-state index in [0.29, 0.717) is 5.69 Å². The van der Waals surface area contributed by atoms with Gasteiger partial charge in [0.15, 0.2) is 0 Å². The zero-order valence-corrected chi connectivity index (χ0v) is 10.6. The summed E-state index contributed by atoms with van der Waals surface area (Å²) in [5, 5.41) is 11.5. The minimum Gasteiger partial charge on any atom is -0.382 e. The van der Waals surface area contributed by atoms with Crippen LogP contribution in [0.5, 0.6) is 0 Å². The van der Waals surface area contributed by atoms with Gasteiger partial charge in [-0.2, -0.15) is 0 Å². The molecule has 94 valence electrons. The Bertz CT molecular complexity index is 719. The smallest absolute Gasteiger partial charge is 0.122 e. The van der Waals surface area contributed by atoms with Crippen molar-refractivity contribution in [3.05, 3.63) is 71.7 Å². The second-order valence-electron chi connectivity index (χ2n) is 4.52. The largest absolute Gasteiger partial charge is 0.382 e. The molecule has 3 nitrogen and oxygen atoms in total. The number of hydrogen-bond acceptors (Lipinski definition) is 3. The molecule has 2 heterocycles. The maximum atomic E-state index is 10.5. The fourth-order valence-corrected chi connectivity index (χ4v) is 2.24. The van der Waals surface area contributed by atoms with E-state index in [0.717, 1.165) is 22.2 Å². The number of benzene rings is 1. The van der Waals surface area contributed by atoms with Crippen molar-refractivity contribution >= 4 is 10.9 Å². The van der Waals surface area contributed by atoms with Crippen LogP contribution >= 0.6 is 0 Å². The number of hydrogen-bond donors (Lipinski definition) is 1. The molecule has 1 atom stereocenters. The van der Waals surface area contributed by atoms with Gasteiger partial charge in [-0.3, -0.25) is 9.97 Å². The van der Waals surface area contributed by atoms with Gasteiger partial charge in [0.05, 0.1) is 11.2 Å². The van der Waals surface area contributed by atoms with Gasteiger partial charge < -0.3 is 5.11 Å². The third kappa shape index (κ3) is 2.20. The Balaban J connectivity index is 2.14. The maximum absolute atomic E-state index is 10.5. The molecule has 0 radical (unpaired) electrons. The molecule has 0 aliphatic heterocycles. The van der Waals surface area contributed by atoms with Gasteiger partial charge in [0.2, 0.25) is 0 Å². The van der Waals surface area contributed by atoms with E-state index in [-0.39, 0.29) is 0 Å². The number of aryl methyl sites for hydroxylation is 1. The molecule has 0 saturated heterocycles. The van der Waals surface area contributed by atoms with E-state index in [1.807, 2.05) is 55.5 Å². The van der Waals surface area contributed by atoms with Crippen LogP contribution in [0.15, 0.2) is 54.7 Å². The first-order valence-electron chi connectivity index (χ1n) is 6.21. The number of fused-ring (bicyclic) bond motifs is 1. The summed E-state index contributed by atoms with van der Waals surface area (Å²) in [7, 11) is 0. The second kappa shape index (κ2) is 4.78. The number of aromatic nitrogens is 2. The van der Waals surface area contributed by atoms with Gasteiger partial charge in [-0.05, 0) is 36.8 Å². The molecule has 1 unspecified atom stereocenters. The van der Waals surface area contributed by atoms with Gasteiger partial charge in [-0.25, -0.2) is 0 Å². The lowest BCUT2D eigenvalue weighted by Crippen LogP contribution is -2.04. The van der Waals surface area contributed by atoms with E-state index in [1.54, 1.807) is 6.20 Å². The molecule has 0 saturated carbocycles. The molecular formula is C16H14N2O. The van der Waals surface area contributed by atoms with E-state index in [2.05, 4.69) is 9.97 Å². The summed E-state index contributed by atoms with van der Waals surface area (Å²) in [5.74, 6) is 0. The van der Waals surface area contributed by atoms with Crippen LogP contribution in [0.25, 0.3) is 10.9 Å². The molecule has 0 aliphatic rings. The number of aliphatic hydroxyl groups is 1. The first kappa shape index (κ1) is 11.8. The molecular weight excluding hydrogens is 236 g/mol. The molecule has 1 N–H and O–H groups in total. The monoisotopic (exact) mass is 250 g/mol. The predicted octanol–water partition coefficient (Wildman–Crippen LogP) is 3.02. The molecule has 0 amide bonds. The van der Waals surface area contributed by atoms with Crippen LogP contribution < -0.4 is 0 Å². The number of pyridine rings is 2. The summed E-state index contributed by atoms with van der Waals surface area (Å²) in [5.41, 5.74) is 3.28. The van der Waals surface area contributed by atoms with Crippen LogP contribution in [-0.4, -0.2) is 15.1 Å². The van der Waals surface area contributed by atoms with Crippen LogP contribution in [0, 0.1) is 6.92 Å². The van der Waals surface area contributed by atoms with Crippen molar-refractivity contribution in [1.82, 2.24) is 9.97 Å². The summed E-state index contributed by atoms with van der Waals surface area (Å²) >= 11 is 0. The first-order chi connectivity index (χ1) is 9.25. The van der Waals surface area contributed by atoms with Gasteiger partial charge in [0, 0.05) is 17.3 Å². The Kier molecular flexibility index (Phi) is 2.97. The van der Waals surface area contributed by atoms with Crippen LogP contribution in [0.1, 0.15) is 23.1 Å². The topological polar surface area (TPSA) is 46.0 Å². The van der Waals surface area contributed by atoms with E-state index >= 15 is 0 Å². The highest BCUT2D eigenvalue weighted by molar-refractivity contribution is 5.82. The SMILES string of the molecule is Cc1cccc(C(O)c2cccc3ncccc23)n1. The molecule has 0 aliphatic carbocycles. The first-order valence-corrected chi connectivity index (χ1v) is 6.21. The summed E-state index contributed by atoms with van der Waals surface area (Å²) in [4.78, 5) is 8.69. The van der Waals surface area contributed by atoms with Crippen LogP contribution in [-0.2, 0) is 0 Å². The van der Waals surface area contributed by atoms with Crippen molar-refractivity contribution in [1.29, 1.82) is 0 Å². The summed E-state index contributed by atoms with van der Waals surface area (Å²) < 4.78 is 0. The number of rotatable bonds is 2. The highest BCUT2D eigenvalue weighted by atomic mass is 16.3. The van der Waals surface area contributed by atoms with E-state index in [4.69, 9.17) is 0 Å². The predicted molar refractivity (Wildman–Crippen MR) is 74.8 cm³/mol. The highest BCUT2D eigenvalue weighted by Gasteiger charge is 2.14. The average Bonchev–Trinajstić information content (AvgIpc) is 2.46. The fraction of sp³-hybridized carbons (Fsp3) is 0.125. The Morgan fingerprint density at radius 3 is 2.68 bits per heavy atom. The average molecular weight is 250 g/mol. The molecule has 0 fully saturated rings. The van der Waals surface area contributed by atoms with E-state index in [1.165, 1.54) is 0 Å². The van der Waals surface area contributed by atoms with Crippen molar-refractivity contribution in [2.24, 2.45) is 0 Å². The molecule has 3 aromatic rings. The Morgan fingerprint density at radius 2 is 1.84 bits per heavy atom. The van der Waals surface area contributed by atoms with Crippen LogP contribution in [0.4, 0.5) is 0 Å². The van der Waals surface area contributed by atoms with Crippen molar-refractivity contribution < 1.29 is 5.11 Å². The molecule has 2 aromatic heterocycles. The Morgan fingerprint density at radius 1 is 1.00 bits per heavy atom. The van der Waals surface area contributed by atoms with Crippen LogP contribution in [0.3, 0.4) is 0 Å². The zero-order chi connectivity index (χ0) is 13.2. The van der Waals surface area contributed by atoms with E-state index < -0.39 is 6.10 Å². The minimum atomic E-state index is -0.729. The highest BCUT2D eigenvalue weighted by Crippen LogP contribution is 2.26. The van der Waals surface area contributed by atoms with Crippen molar-refractivity contribution in [3.63, 3.8) is 0 Å². The summed E-state index contributed by atoms with van der Waals surface area (Å²) in [6, 6.07) is 15.3. The third-order valence-electron chi connectivity index (χ3n) is 3.16.